The fourth-order valence-electron chi connectivity index (χ4n) is 4.32. The van der Waals surface area contributed by atoms with Gasteiger partial charge in [0.15, 0.2) is 5.56 Å². The topological polar surface area (TPSA) is 107 Å². The fraction of sp³-hybridized carbons (Fsp3) is 0.364. The Balaban J connectivity index is 0.00000218. The van der Waals surface area contributed by atoms with Crippen LogP contribution in [0, 0.1) is 0 Å². The van der Waals surface area contributed by atoms with E-state index in [2.05, 4.69) is 41.0 Å². The second-order valence-electron chi connectivity index (χ2n) is 8.51. The van der Waals surface area contributed by atoms with Gasteiger partial charge in [-0.05, 0) is 56.4 Å². The average molecular weight is 430 g/mol. The van der Waals surface area contributed by atoms with Crippen LogP contribution >= 0.6 is 12.4 Å². The molecule has 158 valence electrons. The summed E-state index contributed by atoms with van der Waals surface area (Å²) in [7, 11) is 2.06. The number of aromatic nitrogens is 2. The molecule has 0 aliphatic heterocycles. The Labute approximate surface area is 179 Å². The Morgan fingerprint density at radius 3 is 2.67 bits per heavy atom. The Kier molecular flexibility index (Phi) is 4.71. The first-order chi connectivity index (χ1) is 13.8. The van der Waals surface area contributed by atoms with Gasteiger partial charge >= 0.3 is 5.97 Å². The molecule has 1 fully saturated rings. The Morgan fingerprint density at radius 2 is 2.00 bits per heavy atom. The van der Waals surface area contributed by atoms with Crippen LogP contribution in [-0.4, -0.2) is 31.3 Å². The minimum Gasteiger partial charge on any atom is -0.506 e. The summed E-state index contributed by atoms with van der Waals surface area (Å²) in [5, 5.41) is 24.3. The summed E-state index contributed by atoms with van der Waals surface area (Å²) in [5.74, 6) is -1.84. The standard InChI is InChI=1S/C22H23N3O4.ClH/c1-22(5-6-22)23-10-13-7-12-8-15-11(9-16(12)25(13)2)3-4-14-18(15)24-20(27)17(19(14)26)21(28)29;/h7-9,23H,3-6,10H2,1-2H3,(H,28,29)(H2,24,26,27);1H. The zero-order valence-corrected chi connectivity index (χ0v) is 17.7. The highest BCUT2D eigenvalue weighted by atomic mass is 35.5. The molecule has 0 atom stereocenters. The number of hydrogen-bond donors (Lipinski definition) is 4. The maximum atomic E-state index is 12.3. The van der Waals surface area contributed by atoms with Crippen molar-refractivity contribution in [2.45, 2.75) is 44.7 Å². The van der Waals surface area contributed by atoms with Crippen molar-refractivity contribution in [2.24, 2.45) is 7.05 Å². The molecule has 2 aliphatic rings. The van der Waals surface area contributed by atoms with E-state index in [-0.39, 0.29) is 17.9 Å². The van der Waals surface area contributed by atoms with Gasteiger partial charge in [-0.1, -0.05) is 0 Å². The van der Waals surface area contributed by atoms with Crippen LogP contribution in [0.1, 0.15) is 46.9 Å². The summed E-state index contributed by atoms with van der Waals surface area (Å²) in [6.07, 6.45) is 3.57. The number of hydrogen-bond acceptors (Lipinski definition) is 4. The zero-order valence-electron chi connectivity index (χ0n) is 16.8. The lowest BCUT2D eigenvalue weighted by Gasteiger charge is -2.21. The smallest absolute Gasteiger partial charge is 0.345 e. The van der Waals surface area contributed by atoms with E-state index in [0.29, 0.717) is 24.1 Å². The molecule has 4 N–H and O–H groups in total. The van der Waals surface area contributed by atoms with Crippen molar-refractivity contribution in [2.75, 3.05) is 0 Å². The van der Waals surface area contributed by atoms with Crippen molar-refractivity contribution in [1.82, 2.24) is 14.9 Å². The van der Waals surface area contributed by atoms with Crippen LogP contribution in [0.5, 0.6) is 5.75 Å². The van der Waals surface area contributed by atoms with Crippen LogP contribution in [0.4, 0.5) is 0 Å². The first kappa shape index (κ1) is 20.5. The van der Waals surface area contributed by atoms with Gasteiger partial charge in [-0.15, -0.1) is 12.4 Å². The molecule has 0 unspecified atom stereocenters. The number of benzene rings is 1. The number of aryl methyl sites for hydroxylation is 2. The predicted molar refractivity (Wildman–Crippen MR) is 117 cm³/mol. The van der Waals surface area contributed by atoms with Gasteiger partial charge in [-0.2, -0.15) is 0 Å². The second kappa shape index (κ2) is 6.89. The van der Waals surface area contributed by atoms with Crippen molar-refractivity contribution in [1.29, 1.82) is 0 Å². The lowest BCUT2D eigenvalue weighted by molar-refractivity contribution is 0.0691. The highest BCUT2D eigenvalue weighted by molar-refractivity contribution is 5.94. The van der Waals surface area contributed by atoms with Gasteiger partial charge in [0, 0.05) is 46.9 Å². The summed E-state index contributed by atoms with van der Waals surface area (Å²) < 4.78 is 2.19. The maximum Gasteiger partial charge on any atom is 0.345 e. The normalized spacial score (nSPS) is 15.9. The molecular formula is C22H24ClN3O4. The number of carboxylic acid groups (broad SMARTS) is 1. The van der Waals surface area contributed by atoms with Crippen molar-refractivity contribution in [3.63, 3.8) is 0 Å². The van der Waals surface area contributed by atoms with E-state index in [1.807, 2.05) is 6.07 Å². The molecule has 2 aromatic heterocycles. The Bertz CT molecular complexity index is 1250. The van der Waals surface area contributed by atoms with Crippen LogP contribution in [0.2, 0.25) is 0 Å². The SMILES string of the molecule is Cl.Cn1c(CNC2(C)CC2)cc2cc3c(cc21)CCc1c-3[nH]c(=O)c(C(=O)O)c1O. The number of pyridine rings is 1. The van der Waals surface area contributed by atoms with E-state index in [9.17, 15) is 19.8 Å². The number of nitrogens with zero attached hydrogens (tertiary/aromatic N) is 1. The summed E-state index contributed by atoms with van der Waals surface area (Å²) in [6, 6.07) is 6.31. The van der Waals surface area contributed by atoms with Gasteiger partial charge in [0.25, 0.3) is 5.56 Å². The van der Waals surface area contributed by atoms with Crippen molar-refractivity contribution in [3.8, 4) is 17.0 Å². The zero-order chi connectivity index (χ0) is 20.5. The number of halogens is 1. The van der Waals surface area contributed by atoms with E-state index < -0.39 is 22.8 Å². The number of carbonyl (C=O) groups is 1. The molecule has 5 rings (SSSR count). The third-order valence-electron chi connectivity index (χ3n) is 6.48. The number of nitrogens with one attached hydrogen (secondary N) is 2. The number of carboxylic acids is 1. The van der Waals surface area contributed by atoms with Crippen molar-refractivity contribution >= 4 is 29.3 Å². The highest BCUT2D eigenvalue weighted by Crippen LogP contribution is 2.39. The van der Waals surface area contributed by atoms with Crippen LogP contribution < -0.4 is 10.9 Å². The lowest BCUT2D eigenvalue weighted by Crippen LogP contribution is -2.27. The fourth-order valence-corrected chi connectivity index (χ4v) is 4.32. The number of H-pyrrole nitrogens is 1. The first-order valence-electron chi connectivity index (χ1n) is 9.85. The molecular weight excluding hydrogens is 406 g/mol. The van der Waals surface area contributed by atoms with E-state index in [1.165, 1.54) is 18.5 Å². The predicted octanol–water partition coefficient (Wildman–Crippen LogP) is 3.10. The number of rotatable bonds is 4. The third-order valence-corrected chi connectivity index (χ3v) is 6.48. The molecule has 0 amide bonds. The molecule has 3 aromatic rings. The molecule has 30 heavy (non-hydrogen) atoms. The number of aromatic hydroxyl groups is 1. The van der Waals surface area contributed by atoms with Gasteiger partial charge in [-0.3, -0.25) is 4.79 Å². The molecule has 1 saturated carbocycles. The summed E-state index contributed by atoms with van der Waals surface area (Å²) >= 11 is 0. The molecule has 0 spiro atoms. The van der Waals surface area contributed by atoms with Crippen LogP contribution in [0.3, 0.4) is 0 Å². The first-order valence-corrected chi connectivity index (χ1v) is 9.85. The molecule has 8 heteroatoms. The molecule has 0 bridgehead atoms. The minimum atomic E-state index is -1.42. The van der Waals surface area contributed by atoms with Gasteiger partial charge in [0.1, 0.15) is 5.75 Å². The summed E-state index contributed by atoms with van der Waals surface area (Å²) in [6.45, 7) is 3.03. The highest BCUT2D eigenvalue weighted by Gasteiger charge is 2.36. The average Bonchev–Trinajstić information content (AvgIpc) is 3.33. The van der Waals surface area contributed by atoms with Gasteiger partial charge < -0.3 is 25.1 Å². The van der Waals surface area contributed by atoms with E-state index >= 15 is 0 Å². The van der Waals surface area contributed by atoms with Crippen LogP contribution in [-0.2, 0) is 26.4 Å². The molecule has 0 saturated heterocycles. The lowest BCUT2D eigenvalue weighted by atomic mass is 9.87. The molecule has 1 aromatic carbocycles. The van der Waals surface area contributed by atoms with E-state index in [4.69, 9.17) is 0 Å². The van der Waals surface area contributed by atoms with Gasteiger partial charge in [-0.25, -0.2) is 4.79 Å². The van der Waals surface area contributed by atoms with Gasteiger partial charge in [0.05, 0.1) is 5.69 Å². The van der Waals surface area contributed by atoms with E-state index in [1.54, 1.807) is 0 Å². The number of fused-ring (bicyclic) bond motifs is 4. The van der Waals surface area contributed by atoms with Crippen LogP contribution in [0.25, 0.3) is 22.2 Å². The van der Waals surface area contributed by atoms with Crippen LogP contribution in [0.15, 0.2) is 23.0 Å². The maximum absolute atomic E-state index is 12.3. The molecule has 0 radical (unpaired) electrons. The Morgan fingerprint density at radius 1 is 1.27 bits per heavy atom. The molecule has 2 aliphatic carbocycles. The quantitative estimate of drug-likeness (QED) is 0.509. The Hall–Kier alpha value is -2.77. The largest absolute Gasteiger partial charge is 0.506 e. The summed E-state index contributed by atoms with van der Waals surface area (Å²) in [4.78, 5) is 26.3. The van der Waals surface area contributed by atoms with Gasteiger partial charge in [0.2, 0.25) is 0 Å². The van der Waals surface area contributed by atoms with E-state index in [0.717, 1.165) is 28.6 Å². The second-order valence-corrected chi connectivity index (χ2v) is 8.51. The number of aromatic carboxylic acids is 1. The summed E-state index contributed by atoms with van der Waals surface area (Å²) in [5.41, 5.74) is 4.15. The molecule has 7 nitrogen and oxygen atoms in total. The van der Waals surface area contributed by atoms with Crippen molar-refractivity contribution in [3.05, 3.63) is 50.9 Å². The monoisotopic (exact) mass is 429 g/mol. The number of aromatic amines is 1. The van der Waals surface area contributed by atoms with Crippen molar-refractivity contribution < 1.29 is 15.0 Å². The molecule has 2 heterocycles. The third kappa shape index (κ3) is 3.09. The minimum absolute atomic E-state index is 0.